The summed E-state index contributed by atoms with van der Waals surface area (Å²) in [4.78, 5) is 2.36. The Hall–Kier alpha value is -2.64. The highest BCUT2D eigenvalue weighted by molar-refractivity contribution is 6.15. The number of alkyl halides is 1. The Bertz CT molecular complexity index is 2210. The first-order chi connectivity index (χ1) is 48.4. The molecule has 7 heteroatoms. The van der Waals surface area contributed by atoms with Crippen molar-refractivity contribution in [3.8, 4) is 12.1 Å². The molecule has 2 N–H and O–H groups in total. The molecule has 0 aromatic heterocycles. The van der Waals surface area contributed by atoms with Gasteiger partial charge in [0.25, 0.3) is 0 Å². The highest BCUT2D eigenvalue weighted by atomic mass is 35.5. The summed E-state index contributed by atoms with van der Waals surface area (Å²) < 4.78 is 1.14. The van der Waals surface area contributed by atoms with E-state index in [1.54, 1.807) is 11.6 Å². The summed E-state index contributed by atoms with van der Waals surface area (Å²) in [6.45, 7) is 48.8. The van der Waals surface area contributed by atoms with Crippen LogP contribution in [-0.2, 0) is 0 Å². The van der Waals surface area contributed by atoms with E-state index in [0.29, 0.717) is 0 Å². The van der Waals surface area contributed by atoms with E-state index in [-0.39, 0.29) is 18.3 Å². The second-order valence-corrected chi connectivity index (χ2v) is 36.2. The smallest absolute Gasteiger partial charge is 0.0905 e. The van der Waals surface area contributed by atoms with Crippen LogP contribution in [0.5, 0.6) is 0 Å². The van der Waals surface area contributed by atoms with Crippen LogP contribution < -0.4 is 18.1 Å². The molecule has 0 aromatic rings. The van der Waals surface area contributed by atoms with Gasteiger partial charge in [-0.05, 0) is 249 Å². The number of hydrogen-bond acceptors (Lipinski definition) is 4. The van der Waals surface area contributed by atoms with Crippen molar-refractivity contribution in [1.82, 2.24) is 4.90 Å². The maximum atomic E-state index is 8.85. The lowest BCUT2D eigenvalue weighted by Crippen LogP contribution is -3.00. The van der Waals surface area contributed by atoms with E-state index >= 15 is 0 Å². The van der Waals surface area contributed by atoms with Crippen molar-refractivity contribution in [2.24, 2.45) is 82.7 Å². The zero-order valence-corrected chi connectivity index (χ0v) is 74.4. The van der Waals surface area contributed by atoms with Crippen molar-refractivity contribution < 1.29 is 16.9 Å². The third kappa shape index (κ3) is 73.3. The summed E-state index contributed by atoms with van der Waals surface area (Å²) in [5.41, 5.74) is 14.2. The SMILES string of the molecule is C=CC#N.C=CC(=C)CC/C=C(\C)CCC=C(C)C.CC(C)=CCC/C(C)=C/CCC1=CCC(C#N)CC1.CC(C)CCCC(C)CCCC1CCC(CN(C)C)CC1.CC(C)CCCC(C)CCCC1CCC(CN)CC1.CC(C)CCCC(C)CCCC1CCC(C[N+](C)(C)C)CC1.CCl.[Cl-]. The zero-order valence-electron chi connectivity index (χ0n) is 72.9. The van der Waals surface area contributed by atoms with Gasteiger partial charge in [-0.15, -0.1) is 11.6 Å². The van der Waals surface area contributed by atoms with Gasteiger partial charge < -0.3 is 27.5 Å². The summed E-state index contributed by atoms with van der Waals surface area (Å²) in [6, 6.07) is 4.06. The molecule has 0 bridgehead atoms. The maximum absolute atomic E-state index is 8.85. The summed E-state index contributed by atoms with van der Waals surface area (Å²) in [5.74, 6) is 11.7. The minimum absolute atomic E-state index is 0. The topological polar surface area (TPSA) is 76.8 Å². The van der Waals surface area contributed by atoms with E-state index in [0.717, 1.165) is 139 Å². The van der Waals surface area contributed by atoms with Gasteiger partial charge in [0.05, 0.1) is 45.7 Å². The summed E-state index contributed by atoms with van der Waals surface area (Å²) in [7, 11) is 11.5. The molecule has 0 aromatic carbocycles. The van der Waals surface area contributed by atoms with Gasteiger partial charge in [-0.2, -0.15) is 10.5 Å². The molecule has 4 rings (SSSR count). The molecule has 4 aliphatic rings. The second kappa shape index (κ2) is 71.0. The molecule has 0 radical (unpaired) electrons. The maximum Gasteiger partial charge on any atom is 0.0905 e. The molecule has 0 saturated heterocycles. The molecule has 103 heavy (non-hydrogen) atoms. The summed E-state index contributed by atoms with van der Waals surface area (Å²) >= 11 is 4.64. The third-order valence-electron chi connectivity index (χ3n) is 22.2. The minimum atomic E-state index is 0. The van der Waals surface area contributed by atoms with Crippen molar-refractivity contribution >= 4 is 11.6 Å². The average molecular weight is 1470 g/mol. The van der Waals surface area contributed by atoms with E-state index in [9.17, 15) is 0 Å². The van der Waals surface area contributed by atoms with Crippen LogP contribution in [0.3, 0.4) is 0 Å². The second-order valence-electron chi connectivity index (χ2n) is 36.2. The first kappa shape index (κ1) is 107. The normalized spacial score (nSPS) is 20.5. The first-order valence-corrected chi connectivity index (χ1v) is 43.7. The van der Waals surface area contributed by atoms with Crippen LogP contribution in [0.25, 0.3) is 0 Å². The fraction of sp³-hybridized carbons (Fsp3) is 0.812. The summed E-state index contributed by atoms with van der Waals surface area (Å²) in [6.07, 6.45) is 72.2. The van der Waals surface area contributed by atoms with E-state index in [1.165, 1.54) is 260 Å². The predicted octanol–water partition coefficient (Wildman–Crippen LogP) is 27.0. The monoisotopic (exact) mass is 1470 g/mol. The highest BCUT2D eigenvalue weighted by Gasteiger charge is 2.26. The molecule has 3 saturated carbocycles. The van der Waals surface area contributed by atoms with Crippen LogP contribution >= 0.6 is 11.6 Å². The van der Waals surface area contributed by atoms with Gasteiger partial charge in [0.2, 0.25) is 0 Å². The molecular weight excluding hydrogens is 1290 g/mol. The van der Waals surface area contributed by atoms with E-state index in [2.05, 4.69) is 212 Å². The number of allylic oxidation sites excluding steroid dienone is 13. The number of nitriles is 2. The average Bonchev–Trinajstić information content (AvgIpc) is 0.899. The van der Waals surface area contributed by atoms with E-state index in [4.69, 9.17) is 16.3 Å². The molecule has 0 amide bonds. The van der Waals surface area contributed by atoms with Gasteiger partial charge in [-0.1, -0.05) is 293 Å². The van der Waals surface area contributed by atoms with Crippen LogP contribution in [0.4, 0.5) is 0 Å². The van der Waals surface area contributed by atoms with Gasteiger partial charge in [0, 0.05) is 24.9 Å². The molecule has 4 unspecified atom stereocenters. The Balaban J connectivity index is -0.000000584. The van der Waals surface area contributed by atoms with Crippen molar-refractivity contribution in [2.75, 3.05) is 61.3 Å². The Morgan fingerprint density at radius 1 is 0.524 bits per heavy atom. The Kier molecular flexibility index (Phi) is 73.6. The Morgan fingerprint density at radius 3 is 1.18 bits per heavy atom. The summed E-state index contributed by atoms with van der Waals surface area (Å²) in [5, 5.41) is 16.4. The third-order valence-corrected chi connectivity index (χ3v) is 22.2. The van der Waals surface area contributed by atoms with Crippen molar-refractivity contribution in [3.63, 3.8) is 0 Å². The lowest BCUT2D eigenvalue weighted by molar-refractivity contribution is -0.874. The first-order valence-electron chi connectivity index (χ1n) is 42.9. The zero-order chi connectivity index (χ0) is 77.5. The predicted molar refractivity (Wildman–Crippen MR) is 463 cm³/mol. The van der Waals surface area contributed by atoms with Crippen LogP contribution in [0.15, 0.2) is 95.7 Å². The van der Waals surface area contributed by atoms with Crippen molar-refractivity contribution in [3.05, 3.63) is 95.7 Å². The molecule has 4 atom stereocenters. The lowest BCUT2D eigenvalue weighted by atomic mass is 9.79. The quantitative estimate of drug-likeness (QED) is 0.0217. The molecule has 0 heterocycles. The van der Waals surface area contributed by atoms with Crippen LogP contribution in [0.2, 0.25) is 0 Å². The molecular formula is C96H179Cl2N5. The molecule has 0 aliphatic heterocycles. The molecule has 3 fully saturated rings. The van der Waals surface area contributed by atoms with Crippen LogP contribution in [0, 0.1) is 99.6 Å². The molecule has 602 valence electrons. The number of halogens is 2. The van der Waals surface area contributed by atoms with Crippen LogP contribution in [0.1, 0.15) is 367 Å². The van der Waals surface area contributed by atoms with Gasteiger partial charge in [-0.3, -0.25) is 0 Å². The molecule has 5 nitrogen and oxygen atoms in total. The van der Waals surface area contributed by atoms with Gasteiger partial charge in [0.15, 0.2) is 0 Å². The number of rotatable bonds is 42. The number of hydrogen-bond donors (Lipinski definition) is 1. The van der Waals surface area contributed by atoms with E-state index in [1.807, 2.05) is 6.08 Å². The lowest BCUT2D eigenvalue weighted by Gasteiger charge is -2.34. The number of nitrogens with zero attached hydrogens (tertiary/aromatic N) is 4. The molecule has 4 aliphatic carbocycles. The minimum Gasteiger partial charge on any atom is -1.00 e. The van der Waals surface area contributed by atoms with Gasteiger partial charge in [0.1, 0.15) is 0 Å². The standard InChI is InChI=1S/C21H44N.C20H41N.C18H37N.C18H27N.C15H24.C3H3N.CH3Cl.ClH/c1-18(2)9-7-10-19(3)11-8-12-20-13-15-21(16-14-20)17-22(4,5)6;1-17(2)8-6-9-18(3)10-7-11-19-12-14-20(15-13-19)16-21(4)5;2*1-15(2)6-4-7-16(3)8-5-9-17-10-12-18(14-19)13-11-17;1-6-14(4)10-8-12-15(5)11-7-9-13(2)3;1-2-3-4;1-2;/h18-21H,7-17H2,1-6H3;17-20H,6-16H2,1-5H3;15-18H,4-14,19H2,1-3H3;6,8,10,18H,4-5,7,9,11-13H2,1-3H3;6,9,12H,1,4,7-8,10-11H2,2-3,5H3;2H,1H2;1H3;1H/q+1;;;;;;;/p-1/b;;;16-8+;15-12+;;;. The van der Waals surface area contributed by atoms with Crippen molar-refractivity contribution in [1.29, 1.82) is 10.5 Å². The highest BCUT2D eigenvalue weighted by Crippen LogP contribution is 2.36. The van der Waals surface area contributed by atoms with Crippen molar-refractivity contribution in [2.45, 2.75) is 367 Å². The Morgan fingerprint density at radius 2 is 0.874 bits per heavy atom. The number of quaternary nitrogens is 1. The largest absolute Gasteiger partial charge is 1.00 e. The fourth-order valence-corrected chi connectivity index (χ4v) is 15.5. The van der Waals surface area contributed by atoms with Gasteiger partial charge >= 0.3 is 0 Å². The van der Waals surface area contributed by atoms with E-state index < -0.39 is 0 Å². The van der Waals surface area contributed by atoms with Crippen LogP contribution in [-0.4, -0.2) is 70.6 Å². The fourth-order valence-electron chi connectivity index (χ4n) is 15.5. The number of nitrogens with two attached hydrogens (primary N) is 1. The Labute approximate surface area is 658 Å². The molecule has 0 spiro atoms. The van der Waals surface area contributed by atoms with Gasteiger partial charge in [-0.25, -0.2) is 0 Å².